The average molecular weight is 370 g/mol. The molecule has 27 heavy (non-hydrogen) atoms. The monoisotopic (exact) mass is 369 g/mol. The Balaban J connectivity index is 1.25. The van der Waals surface area contributed by atoms with E-state index in [4.69, 9.17) is 0 Å². The van der Waals surface area contributed by atoms with Crippen molar-refractivity contribution in [3.05, 3.63) is 30.2 Å². The van der Waals surface area contributed by atoms with Crippen LogP contribution in [0.25, 0.3) is 5.65 Å². The smallest absolute Gasteiger partial charge is 0.317 e. The zero-order chi connectivity index (χ0) is 18.6. The van der Waals surface area contributed by atoms with E-state index in [2.05, 4.69) is 26.8 Å². The Morgan fingerprint density at radius 1 is 1.07 bits per heavy atom. The van der Waals surface area contributed by atoms with Crippen molar-refractivity contribution in [2.24, 2.45) is 11.8 Å². The predicted molar refractivity (Wildman–Crippen MR) is 106 cm³/mol. The van der Waals surface area contributed by atoms with Gasteiger partial charge in [-0.3, -0.25) is 4.40 Å². The molecule has 4 rings (SSSR count). The van der Waals surface area contributed by atoms with Gasteiger partial charge in [-0.05, 0) is 49.7 Å². The fourth-order valence-electron chi connectivity index (χ4n) is 4.67. The molecule has 0 unspecified atom stereocenters. The summed E-state index contributed by atoms with van der Waals surface area (Å²) in [6.07, 6.45) is 10.4. The summed E-state index contributed by atoms with van der Waals surface area (Å²) in [4.78, 5) is 14.5. The molecule has 1 saturated heterocycles. The van der Waals surface area contributed by atoms with Crippen LogP contribution in [0.3, 0.4) is 0 Å². The number of hydrogen-bond acceptors (Lipinski definition) is 3. The molecule has 1 aliphatic heterocycles. The van der Waals surface area contributed by atoms with E-state index in [1.807, 2.05) is 29.3 Å². The number of nitrogens with zero attached hydrogens (tertiary/aromatic N) is 4. The van der Waals surface area contributed by atoms with E-state index in [-0.39, 0.29) is 6.03 Å². The van der Waals surface area contributed by atoms with Gasteiger partial charge in [-0.15, -0.1) is 10.2 Å². The second kappa shape index (κ2) is 8.28. The average Bonchev–Trinajstić information content (AvgIpc) is 3.16. The van der Waals surface area contributed by atoms with Crippen molar-refractivity contribution >= 4 is 11.7 Å². The van der Waals surface area contributed by atoms with E-state index in [0.717, 1.165) is 49.9 Å². The van der Waals surface area contributed by atoms with Crippen LogP contribution in [0.4, 0.5) is 4.79 Å². The van der Waals surface area contributed by atoms with Crippen LogP contribution in [-0.4, -0.2) is 45.2 Å². The molecule has 0 bridgehead atoms. The van der Waals surface area contributed by atoms with Crippen LogP contribution in [0, 0.1) is 11.8 Å². The molecule has 6 heteroatoms. The maximum Gasteiger partial charge on any atom is 0.317 e. The molecule has 1 N–H and O–H groups in total. The Morgan fingerprint density at radius 3 is 2.56 bits per heavy atom. The fourth-order valence-corrected chi connectivity index (χ4v) is 4.67. The summed E-state index contributed by atoms with van der Waals surface area (Å²) in [7, 11) is 0. The first-order valence-electron chi connectivity index (χ1n) is 10.6. The van der Waals surface area contributed by atoms with Crippen LogP contribution >= 0.6 is 0 Å². The third kappa shape index (κ3) is 4.09. The van der Waals surface area contributed by atoms with Crippen LogP contribution in [0.2, 0.25) is 0 Å². The van der Waals surface area contributed by atoms with Gasteiger partial charge in [0.2, 0.25) is 0 Å². The van der Waals surface area contributed by atoms with Crippen LogP contribution in [0.1, 0.15) is 63.6 Å². The molecule has 2 fully saturated rings. The Kier molecular flexibility index (Phi) is 5.60. The number of likely N-dealkylation sites (tertiary alicyclic amines) is 1. The molecule has 0 aromatic carbocycles. The lowest BCUT2D eigenvalue weighted by Crippen LogP contribution is -2.45. The number of nitrogens with one attached hydrogen (secondary N) is 1. The van der Waals surface area contributed by atoms with Crippen molar-refractivity contribution in [1.82, 2.24) is 24.8 Å². The summed E-state index contributed by atoms with van der Waals surface area (Å²) in [6, 6.07) is 6.08. The first-order chi connectivity index (χ1) is 13.2. The summed E-state index contributed by atoms with van der Waals surface area (Å²) in [5.41, 5.74) is 0.894. The van der Waals surface area contributed by atoms with Gasteiger partial charge in [0.15, 0.2) is 5.65 Å². The highest BCUT2D eigenvalue weighted by Gasteiger charge is 2.27. The van der Waals surface area contributed by atoms with E-state index in [9.17, 15) is 4.79 Å². The lowest BCUT2D eigenvalue weighted by Gasteiger charge is -2.32. The lowest BCUT2D eigenvalue weighted by molar-refractivity contribution is 0.175. The molecule has 0 spiro atoms. The first-order valence-corrected chi connectivity index (χ1v) is 10.6. The molecule has 1 saturated carbocycles. The minimum atomic E-state index is 0.108. The summed E-state index contributed by atoms with van der Waals surface area (Å²) < 4.78 is 2.08. The molecular weight excluding hydrogens is 338 g/mol. The minimum Gasteiger partial charge on any atom is -0.338 e. The molecule has 6 nitrogen and oxygen atoms in total. The number of piperidine rings is 1. The summed E-state index contributed by atoms with van der Waals surface area (Å²) >= 11 is 0. The second-order valence-electron chi connectivity index (χ2n) is 8.23. The SMILES string of the molecule is CCC1CCC(CNC(=O)N2CCC(c3nnc4ccccn34)CC2)CC1. The van der Waals surface area contributed by atoms with Gasteiger partial charge >= 0.3 is 6.03 Å². The predicted octanol–water partition coefficient (Wildman–Crippen LogP) is 3.83. The van der Waals surface area contributed by atoms with Gasteiger partial charge in [-0.25, -0.2) is 4.79 Å². The highest BCUT2D eigenvalue weighted by Crippen LogP contribution is 2.30. The van der Waals surface area contributed by atoms with E-state index >= 15 is 0 Å². The zero-order valence-electron chi connectivity index (χ0n) is 16.3. The second-order valence-corrected chi connectivity index (χ2v) is 8.23. The topological polar surface area (TPSA) is 62.5 Å². The Hall–Kier alpha value is -2.11. The van der Waals surface area contributed by atoms with E-state index in [1.165, 1.54) is 32.1 Å². The quantitative estimate of drug-likeness (QED) is 0.891. The Morgan fingerprint density at radius 2 is 1.81 bits per heavy atom. The number of fused-ring (bicyclic) bond motifs is 1. The van der Waals surface area contributed by atoms with Crippen molar-refractivity contribution < 1.29 is 4.79 Å². The molecule has 1 aliphatic carbocycles. The molecule has 2 amide bonds. The zero-order valence-corrected chi connectivity index (χ0v) is 16.3. The number of urea groups is 1. The fraction of sp³-hybridized carbons (Fsp3) is 0.667. The van der Waals surface area contributed by atoms with Gasteiger partial charge in [-0.2, -0.15) is 0 Å². The first kappa shape index (κ1) is 18.3. The molecule has 146 valence electrons. The normalized spacial score (nSPS) is 24.3. The Bertz CT molecular complexity index is 757. The third-order valence-electron chi connectivity index (χ3n) is 6.57. The molecule has 3 heterocycles. The number of carbonyl (C=O) groups excluding carboxylic acids is 1. The van der Waals surface area contributed by atoms with E-state index in [1.54, 1.807) is 0 Å². The van der Waals surface area contributed by atoms with Crippen LogP contribution in [0.15, 0.2) is 24.4 Å². The Labute approximate surface area is 161 Å². The van der Waals surface area contributed by atoms with Gasteiger partial charge < -0.3 is 10.2 Å². The minimum absolute atomic E-state index is 0.108. The van der Waals surface area contributed by atoms with E-state index in [0.29, 0.717) is 11.8 Å². The van der Waals surface area contributed by atoms with Crippen molar-refractivity contribution in [1.29, 1.82) is 0 Å². The summed E-state index contributed by atoms with van der Waals surface area (Å²) in [5.74, 6) is 2.97. The third-order valence-corrected chi connectivity index (χ3v) is 6.57. The van der Waals surface area contributed by atoms with Gasteiger partial charge in [0, 0.05) is 31.7 Å². The molecular formula is C21H31N5O. The number of pyridine rings is 1. The van der Waals surface area contributed by atoms with Crippen molar-refractivity contribution in [2.45, 2.75) is 57.8 Å². The van der Waals surface area contributed by atoms with Crippen LogP contribution in [0.5, 0.6) is 0 Å². The molecule has 2 aliphatic rings. The van der Waals surface area contributed by atoms with E-state index < -0.39 is 0 Å². The molecule has 2 aromatic heterocycles. The van der Waals surface area contributed by atoms with Crippen molar-refractivity contribution in [3.63, 3.8) is 0 Å². The molecule has 0 radical (unpaired) electrons. The van der Waals surface area contributed by atoms with Gasteiger partial charge in [0.05, 0.1) is 0 Å². The van der Waals surface area contributed by atoms with Crippen LogP contribution < -0.4 is 5.32 Å². The standard InChI is InChI=1S/C21H31N5O/c1-2-16-6-8-17(9-7-16)15-22-21(27)25-13-10-18(11-14-25)20-24-23-19-5-3-4-12-26(19)20/h3-5,12,16-18H,2,6-11,13-15H2,1H3,(H,22,27). The summed E-state index contributed by atoms with van der Waals surface area (Å²) in [5, 5.41) is 11.8. The highest BCUT2D eigenvalue weighted by atomic mass is 16.2. The van der Waals surface area contributed by atoms with Gasteiger partial charge in [0.25, 0.3) is 0 Å². The summed E-state index contributed by atoms with van der Waals surface area (Å²) in [6.45, 7) is 4.71. The largest absolute Gasteiger partial charge is 0.338 e. The molecule has 2 aromatic rings. The lowest BCUT2D eigenvalue weighted by atomic mass is 9.81. The maximum atomic E-state index is 12.5. The van der Waals surface area contributed by atoms with Crippen LogP contribution in [-0.2, 0) is 0 Å². The number of hydrogen-bond donors (Lipinski definition) is 1. The van der Waals surface area contributed by atoms with Gasteiger partial charge in [-0.1, -0.05) is 32.3 Å². The number of carbonyl (C=O) groups is 1. The van der Waals surface area contributed by atoms with Gasteiger partial charge in [0.1, 0.15) is 5.82 Å². The number of rotatable bonds is 4. The number of amides is 2. The van der Waals surface area contributed by atoms with Crippen molar-refractivity contribution in [2.75, 3.05) is 19.6 Å². The van der Waals surface area contributed by atoms with Crippen molar-refractivity contribution in [3.8, 4) is 0 Å². The molecule has 0 atom stereocenters. The maximum absolute atomic E-state index is 12.5. The highest BCUT2D eigenvalue weighted by molar-refractivity contribution is 5.74. The number of aromatic nitrogens is 3.